The summed E-state index contributed by atoms with van der Waals surface area (Å²) in [6.45, 7) is 2.18. The lowest BCUT2D eigenvalue weighted by molar-refractivity contribution is -0.131. The number of hydrogen-bond donors (Lipinski definition) is 2. The number of hydrogen-bond acceptors (Lipinski definition) is 3. The minimum Gasteiger partial charge on any atom is -0.350 e. The maximum Gasteiger partial charge on any atom is 0.325 e. The molecule has 140 valence electrons. The molecule has 1 unspecified atom stereocenters. The fourth-order valence-electron chi connectivity index (χ4n) is 3.74. The van der Waals surface area contributed by atoms with Crippen LogP contribution in [0.2, 0.25) is 5.02 Å². The van der Waals surface area contributed by atoms with E-state index in [2.05, 4.69) is 10.6 Å². The summed E-state index contributed by atoms with van der Waals surface area (Å²) in [5, 5.41) is 6.43. The van der Waals surface area contributed by atoms with Gasteiger partial charge in [-0.2, -0.15) is 0 Å². The maximum absolute atomic E-state index is 12.5. The van der Waals surface area contributed by atoms with E-state index in [0.717, 1.165) is 18.4 Å². The van der Waals surface area contributed by atoms with Crippen molar-refractivity contribution in [1.29, 1.82) is 0 Å². The van der Waals surface area contributed by atoms with Crippen molar-refractivity contribution in [3.05, 3.63) is 34.9 Å². The van der Waals surface area contributed by atoms with Crippen LogP contribution in [0.3, 0.4) is 0 Å². The molecule has 0 radical (unpaired) electrons. The van der Waals surface area contributed by atoms with Crippen molar-refractivity contribution in [2.24, 2.45) is 0 Å². The van der Waals surface area contributed by atoms with Gasteiger partial charge in [-0.15, -0.1) is 0 Å². The fourth-order valence-corrected chi connectivity index (χ4v) is 3.87. The quantitative estimate of drug-likeness (QED) is 0.747. The summed E-state index contributed by atoms with van der Waals surface area (Å²) in [6, 6.07) is 6.87. The van der Waals surface area contributed by atoms with E-state index in [4.69, 9.17) is 11.6 Å². The van der Waals surface area contributed by atoms with E-state index in [1.807, 2.05) is 19.1 Å². The molecule has 1 aliphatic carbocycles. The molecule has 2 N–H and O–H groups in total. The molecule has 0 bridgehead atoms. The third kappa shape index (κ3) is 3.85. The van der Waals surface area contributed by atoms with Gasteiger partial charge in [-0.05, 0) is 43.9 Å². The molecule has 1 aromatic rings. The Morgan fingerprint density at radius 2 is 1.92 bits per heavy atom. The van der Waals surface area contributed by atoms with Gasteiger partial charge in [0.15, 0.2) is 0 Å². The number of amides is 4. The maximum atomic E-state index is 12.5. The average molecular weight is 378 g/mol. The SMILES string of the molecule is CC(NC(=O)CCCN1C(=O)NC2(CCCC2)C1=O)c1ccc(Cl)cc1. The summed E-state index contributed by atoms with van der Waals surface area (Å²) in [4.78, 5) is 38.0. The van der Waals surface area contributed by atoms with Crippen molar-refractivity contribution >= 4 is 29.4 Å². The lowest BCUT2D eigenvalue weighted by atomic mass is 9.98. The summed E-state index contributed by atoms with van der Waals surface area (Å²) < 4.78 is 0. The lowest BCUT2D eigenvalue weighted by Gasteiger charge is -2.20. The molecular weight excluding hydrogens is 354 g/mol. The van der Waals surface area contributed by atoms with Gasteiger partial charge in [-0.3, -0.25) is 14.5 Å². The Hall–Kier alpha value is -2.08. The van der Waals surface area contributed by atoms with E-state index in [1.165, 1.54) is 4.90 Å². The van der Waals surface area contributed by atoms with Crippen molar-refractivity contribution < 1.29 is 14.4 Å². The van der Waals surface area contributed by atoms with E-state index in [-0.39, 0.29) is 36.9 Å². The number of urea groups is 1. The first-order valence-electron chi connectivity index (χ1n) is 9.10. The molecule has 6 nitrogen and oxygen atoms in total. The second-order valence-corrected chi connectivity index (χ2v) is 7.56. The van der Waals surface area contributed by atoms with Gasteiger partial charge >= 0.3 is 6.03 Å². The molecule has 1 heterocycles. The van der Waals surface area contributed by atoms with E-state index >= 15 is 0 Å². The highest BCUT2D eigenvalue weighted by atomic mass is 35.5. The number of halogens is 1. The molecular formula is C19H24ClN3O3. The topological polar surface area (TPSA) is 78.5 Å². The highest BCUT2D eigenvalue weighted by molar-refractivity contribution is 6.30. The normalized spacial score (nSPS) is 19.7. The number of nitrogens with one attached hydrogen (secondary N) is 2. The van der Waals surface area contributed by atoms with E-state index in [0.29, 0.717) is 24.3 Å². The van der Waals surface area contributed by atoms with E-state index in [9.17, 15) is 14.4 Å². The Morgan fingerprint density at radius 1 is 1.27 bits per heavy atom. The first kappa shape index (κ1) is 18.7. The van der Waals surface area contributed by atoms with Crippen LogP contribution in [0.15, 0.2) is 24.3 Å². The second kappa shape index (κ2) is 7.66. The van der Waals surface area contributed by atoms with Crippen molar-refractivity contribution in [3.63, 3.8) is 0 Å². The van der Waals surface area contributed by atoms with Crippen LogP contribution in [0.1, 0.15) is 57.1 Å². The molecule has 1 atom stereocenters. The van der Waals surface area contributed by atoms with Crippen molar-refractivity contribution in [2.75, 3.05) is 6.54 Å². The Morgan fingerprint density at radius 3 is 2.58 bits per heavy atom. The van der Waals surface area contributed by atoms with Crippen LogP contribution in [-0.4, -0.2) is 34.8 Å². The van der Waals surface area contributed by atoms with Gasteiger partial charge in [0.05, 0.1) is 6.04 Å². The van der Waals surface area contributed by atoms with Crippen LogP contribution in [0.4, 0.5) is 4.79 Å². The number of carbonyl (C=O) groups excluding carboxylic acids is 3. The van der Waals surface area contributed by atoms with Crippen LogP contribution < -0.4 is 10.6 Å². The van der Waals surface area contributed by atoms with Gasteiger partial charge in [-0.1, -0.05) is 36.6 Å². The Labute approximate surface area is 158 Å². The van der Waals surface area contributed by atoms with Crippen LogP contribution in [-0.2, 0) is 9.59 Å². The molecule has 4 amide bonds. The molecule has 1 aromatic carbocycles. The molecule has 26 heavy (non-hydrogen) atoms. The zero-order chi connectivity index (χ0) is 18.7. The molecule has 1 saturated carbocycles. The molecule has 1 saturated heterocycles. The monoisotopic (exact) mass is 377 g/mol. The van der Waals surface area contributed by atoms with Crippen molar-refractivity contribution in [1.82, 2.24) is 15.5 Å². The van der Waals surface area contributed by atoms with Crippen LogP contribution in [0.25, 0.3) is 0 Å². The minimum absolute atomic E-state index is 0.102. The van der Waals surface area contributed by atoms with Gasteiger partial charge in [0, 0.05) is 18.0 Å². The van der Waals surface area contributed by atoms with Crippen LogP contribution in [0.5, 0.6) is 0 Å². The number of imide groups is 1. The minimum atomic E-state index is -0.678. The largest absolute Gasteiger partial charge is 0.350 e. The Kier molecular flexibility index (Phi) is 5.51. The zero-order valence-corrected chi connectivity index (χ0v) is 15.6. The number of carbonyl (C=O) groups is 3. The lowest BCUT2D eigenvalue weighted by Crippen LogP contribution is -2.44. The highest BCUT2D eigenvalue weighted by Crippen LogP contribution is 2.35. The summed E-state index contributed by atoms with van der Waals surface area (Å²) in [5.74, 6) is -0.231. The number of benzene rings is 1. The predicted molar refractivity (Wildman–Crippen MR) is 98.7 cm³/mol. The number of nitrogens with zero attached hydrogens (tertiary/aromatic N) is 1. The molecule has 0 aromatic heterocycles. The summed E-state index contributed by atoms with van der Waals surface area (Å²) in [6.07, 6.45) is 4.08. The molecule has 1 aliphatic heterocycles. The molecule has 2 aliphatic rings. The van der Waals surface area contributed by atoms with Gasteiger partial charge in [0.25, 0.3) is 5.91 Å². The van der Waals surface area contributed by atoms with Gasteiger partial charge in [0.2, 0.25) is 5.91 Å². The predicted octanol–water partition coefficient (Wildman–Crippen LogP) is 3.16. The number of rotatable bonds is 6. The van der Waals surface area contributed by atoms with Gasteiger partial charge < -0.3 is 10.6 Å². The highest BCUT2D eigenvalue weighted by Gasteiger charge is 2.51. The molecule has 1 spiro atoms. The summed E-state index contributed by atoms with van der Waals surface area (Å²) >= 11 is 5.87. The third-order valence-electron chi connectivity index (χ3n) is 5.24. The van der Waals surface area contributed by atoms with E-state index < -0.39 is 5.54 Å². The summed E-state index contributed by atoms with van der Waals surface area (Å²) in [7, 11) is 0. The van der Waals surface area contributed by atoms with Crippen molar-refractivity contribution in [2.45, 2.75) is 57.0 Å². The van der Waals surface area contributed by atoms with Gasteiger partial charge in [0.1, 0.15) is 5.54 Å². The fraction of sp³-hybridized carbons (Fsp3) is 0.526. The van der Waals surface area contributed by atoms with Crippen LogP contribution >= 0.6 is 11.6 Å². The average Bonchev–Trinajstić information content (AvgIpc) is 3.16. The van der Waals surface area contributed by atoms with Gasteiger partial charge in [-0.25, -0.2) is 4.79 Å². The molecule has 3 rings (SSSR count). The standard InChI is InChI=1S/C19H24ClN3O3/c1-13(14-6-8-15(20)9-7-14)21-16(24)5-4-12-23-17(25)19(22-18(23)26)10-2-3-11-19/h6-9,13H,2-5,10-12H2,1H3,(H,21,24)(H,22,26). The Balaban J connectivity index is 1.45. The van der Waals surface area contributed by atoms with E-state index in [1.54, 1.807) is 12.1 Å². The molecule has 2 fully saturated rings. The van der Waals surface area contributed by atoms with Crippen molar-refractivity contribution in [3.8, 4) is 0 Å². The Bertz CT molecular complexity index is 698. The smallest absolute Gasteiger partial charge is 0.325 e. The molecule has 7 heteroatoms. The first-order valence-corrected chi connectivity index (χ1v) is 9.48. The zero-order valence-electron chi connectivity index (χ0n) is 14.9. The first-order chi connectivity index (χ1) is 12.4. The van der Waals surface area contributed by atoms with Crippen LogP contribution in [0, 0.1) is 0 Å². The second-order valence-electron chi connectivity index (χ2n) is 7.12. The third-order valence-corrected chi connectivity index (χ3v) is 5.49. The summed E-state index contributed by atoms with van der Waals surface area (Å²) in [5.41, 5.74) is 0.294.